The van der Waals surface area contributed by atoms with Gasteiger partial charge in [0.2, 0.25) is 5.16 Å². The third-order valence-electron chi connectivity index (χ3n) is 4.54. The molecule has 0 aliphatic rings. The molecule has 0 unspecified atom stereocenters. The number of aromatic amines is 1. The molecule has 0 spiro atoms. The van der Waals surface area contributed by atoms with E-state index in [4.69, 9.17) is 0 Å². The van der Waals surface area contributed by atoms with Crippen molar-refractivity contribution in [3.05, 3.63) is 70.3 Å². The molecule has 0 amide bonds. The van der Waals surface area contributed by atoms with Gasteiger partial charge in [-0.1, -0.05) is 49.9 Å². The second kappa shape index (κ2) is 7.55. The van der Waals surface area contributed by atoms with Gasteiger partial charge in [-0.25, -0.2) is 4.98 Å². The van der Waals surface area contributed by atoms with Crippen LogP contribution in [-0.2, 0) is 0 Å². The molecule has 28 heavy (non-hydrogen) atoms. The third-order valence-corrected chi connectivity index (χ3v) is 5.59. The minimum atomic E-state index is -0.142. The number of aromatic nitrogens is 6. The van der Waals surface area contributed by atoms with Gasteiger partial charge in [0.05, 0.1) is 21.8 Å². The molecule has 7 nitrogen and oxygen atoms in total. The second-order valence-electron chi connectivity index (χ2n) is 6.85. The lowest BCUT2D eigenvalue weighted by Crippen LogP contribution is -2.13. The van der Waals surface area contributed by atoms with E-state index in [1.54, 1.807) is 10.7 Å². The highest BCUT2D eigenvalue weighted by Gasteiger charge is 2.17. The minimum Gasteiger partial charge on any atom is -0.309 e. The van der Waals surface area contributed by atoms with Crippen LogP contribution >= 0.6 is 11.8 Å². The molecule has 0 aliphatic heterocycles. The van der Waals surface area contributed by atoms with E-state index >= 15 is 0 Å². The van der Waals surface area contributed by atoms with E-state index in [0.717, 1.165) is 5.69 Å². The molecule has 0 radical (unpaired) electrons. The second-order valence-corrected chi connectivity index (χ2v) is 8.16. The summed E-state index contributed by atoms with van der Waals surface area (Å²) in [6.45, 7) is 6.29. The van der Waals surface area contributed by atoms with Gasteiger partial charge < -0.3 is 4.98 Å². The molecule has 4 rings (SSSR count). The van der Waals surface area contributed by atoms with Crippen LogP contribution in [0.15, 0.2) is 58.5 Å². The lowest BCUT2D eigenvalue weighted by atomic mass is 10.0. The zero-order chi connectivity index (χ0) is 19.7. The van der Waals surface area contributed by atoms with Gasteiger partial charge in [-0.05, 0) is 53.1 Å². The number of hydrogen-bond donors (Lipinski definition) is 1. The third kappa shape index (κ3) is 3.55. The standard InChI is InChI=1S/C20H20N6OS/c1-12(2)14-8-10-15(11-9-14)26-20(23-24-25-26)28-13(3)18-21-17-7-5-4-6-16(17)19(27)22-18/h4-13H,1-3H3,(H,21,22,27)/t13-/m0/s1. The maximum Gasteiger partial charge on any atom is 0.258 e. The van der Waals surface area contributed by atoms with Crippen LogP contribution in [-0.4, -0.2) is 30.2 Å². The first-order valence-corrected chi connectivity index (χ1v) is 9.95. The quantitative estimate of drug-likeness (QED) is 0.519. The van der Waals surface area contributed by atoms with Crippen molar-refractivity contribution in [2.24, 2.45) is 0 Å². The number of nitrogens with zero attached hydrogens (tertiary/aromatic N) is 5. The average Bonchev–Trinajstić information content (AvgIpc) is 3.16. The molecule has 142 valence electrons. The lowest BCUT2D eigenvalue weighted by Gasteiger charge is -2.11. The minimum absolute atomic E-state index is 0.128. The van der Waals surface area contributed by atoms with Crippen molar-refractivity contribution in [3.8, 4) is 5.69 Å². The molecule has 0 aliphatic carbocycles. The van der Waals surface area contributed by atoms with E-state index in [9.17, 15) is 4.79 Å². The van der Waals surface area contributed by atoms with E-state index in [2.05, 4.69) is 51.5 Å². The van der Waals surface area contributed by atoms with Gasteiger partial charge in [0.25, 0.3) is 5.56 Å². The fourth-order valence-electron chi connectivity index (χ4n) is 2.93. The Kier molecular flexibility index (Phi) is 4.95. The number of thioether (sulfide) groups is 1. The van der Waals surface area contributed by atoms with Crippen LogP contribution in [0, 0.1) is 0 Å². The molecule has 2 heterocycles. The molecule has 1 N–H and O–H groups in total. The normalized spacial score (nSPS) is 12.6. The molecular formula is C20H20N6OS. The molecule has 1 atom stereocenters. The van der Waals surface area contributed by atoms with Crippen LogP contribution in [0.1, 0.15) is 43.3 Å². The predicted molar refractivity (Wildman–Crippen MR) is 110 cm³/mol. The Morgan fingerprint density at radius 1 is 1.04 bits per heavy atom. The summed E-state index contributed by atoms with van der Waals surface area (Å²) in [5.41, 5.74) is 2.69. The number of benzene rings is 2. The van der Waals surface area contributed by atoms with Crippen LogP contribution < -0.4 is 5.56 Å². The van der Waals surface area contributed by atoms with Crippen LogP contribution in [0.4, 0.5) is 0 Å². The van der Waals surface area contributed by atoms with Crippen molar-refractivity contribution in [3.63, 3.8) is 0 Å². The van der Waals surface area contributed by atoms with Gasteiger partial charge in [-0.2, -0.15) is 4.68 Å². The SMILES string of the molecule is CC(C)c1ccc(-n2nnnc2S[C@@H](C)c2nc3ccccc3c(=O)[nH]2)cc1. The van der Waals surface area contributed by atoms with Crippen molar-refractivity contribution >= 4 is 22.7 Å². The maximum atomic E-state index is 12.3. The fourth-order valence-corrected chi connectivity index (χ4v) is 3.79. The summed E-state index contributed by atoms with van der Waals surface area (Å²) in [7, 11) is 0. The Morgan fingerprint density at radius 3 is 2.54 bits per heavy atom. The van der Waals surface area contributed by atoms with Gasteiger partial charge in [0.15, 0.2) is 0 Å². The molecular weight excluding hydrogens is 372 g/mol. The number of hydrogen-bond acceptors (Lipinski definition) is 6. The Bertz CT molecular complexity index is 1170. The Labute approximate surface area is 166 Å². The van der Waals surface area contributed by atoms with E-state index in [1.165, 1.54) is 17.3 Å². The number of fused-ring (bicyclic) bond motifs is 1. The monoisotopic (exact) mass is 392 g/mol. The van der Waals surface area contributed by atoms with Crippen molar-refractivity contribution in [2.75, 3.05) is 0 Å². The van der Waals surface area contributed by atoms with Gasteiger partial charge >= 0.3 is 0 Å². The number of rotatable bonds is 5. The summed E-state index contributed by atoms with van der Waals surface area (Å²) in [4.78, 5) is 19.8. The smallest absolute Gasteiger partial charge is 0.258 e. The number of para-hydroxylation sites is 1. The topological polar surface area (TPSA) is 89.3 Å². The lowest BCUT2D eigenvalue weighted by molar-refractivity contribution is 0.752. The van der Waals surface area contributed by atoms with Crippen LogP contribution in [0.3, 0.4) is 0 Å². The van der Waals surface area contributed by atoms with Gasteiger partial charge in [0, 0.05) is 0 Å². The molecule has 2 aromatic heterocycles. The van der Waals surface area contributed by atoms with Crippen LogP contribution in [0.2, 0.25) is 0 Å². The Balaban J connectivity index is 1.62. The van der Waals surface area contributed by atoms with E-state index < -0.39 is 0 Å². The van der Waals surface area contributed by atoms with E-state index in [1.807, 2.05) is 37.3 Å². The summed E-state index contributed by atoms with van der Waals surface area (Å²) >= 11 is 1.45. The molecule has 4 aromatic rings. The fraction of sp³-hybridized carbons (Fsp3) is 0.250. The van der Waals surface area contributed by atoms with Crippen LogP contribution in [0.5, 0.6) is 0 Å². The number of tetrazole rings is 1. The molecule has 0 fully saturated rings. The summed E-state index contributed by atoms with van der Waals surface area (Å²) < 4.78 is 1.70. The zero-order valence-corrected chi connectivity index (χ0v) is 16.6. The summed E-state index contributed by atoms with van der Waals surface area (Å²) in [5.74, 6) is 1.06. The number of nitrogens with one attached hydrogen (secondary N) is 1. The van der Waals surface area contributed by atoms with E-state index in [0.29, 0.717) is 27.8 Å². The van der Waals surface area contributed by atoms with Gasteiger partial charge in [-0.15, -0.1) is 5.10 Å². The molecule has 2 aromatic carbocycles. The van der Waals surface area contributed by atoms with Crippen molar-refractivity contribution in [1.82, 2.24) is 30.2 Å². The first kappa shape index (κ1) is 18.4. The van der Waals surface area contributed by atoms with E-state index in [-0.39, 0.29) is 10.8 Å². The highest BCUT2D eigenvalue weighted by molar-refractivity contribution is 7.99. The highest BCUT2D eigenvalue weighted by atomic mass is 32.2. The Morgan fingerprint density at radius 2 is 1.79 bits per heavy atom. The average molecular weight is 392 g/mol. The summed E-state index contributed by atoms with van der Waals surface area (Å²) in [6, 6.07) is 15.5. The van der Waals surface area contributed by atoms with Gasteiger partial charge in [-0.3, -0.25) is 4.79 Å². The number of H-pyrrole nitrogens is 1. The Hall–Kier alpha value is -3.00. The first-order valence-electron chi connectivity index (χ1n) is 9.07. The van der Waals surface area contributed by atoms with Crippen LogP contribution in [0.25, 0.3) is 16.6 Å². The first-order chi connectivity index (χ1) is 13.5. The summed E-state index contributed by atoms with van der Waals surface area (Å²) in [5, 5.41) is 13.2. The largest absolute Gasteiger partial charge is 0.309 e. The molecule has 0 saturated carbocycles. The predicted octanol–water partition coefficient (Wildman–Crippen LogP) is 3.88. The van der Waals surface area contributed by atoms with Gasteiger partial charge in [0.1, 0.15) is 5.82 Å². The molecule has 0 saturated heterocycles. The maximum absolute atomic E-state index is 12.3. The van der Waals surface area contributed by atoms with Crippen molar-refractivity contribution in [1.29, 1.82) is 0 Å². The van der Waals surface area contributed by atoms with Crippen molar-refractivity contribution < 1.29 is 0 Å². The molecule has 8 heteroatoms. The summed E-state index contributed by atoms with van der Waals surface area (Å²) in [6.07, 6.45) is 0. The highest BCUT2D eigenvalue weighted by Crippen LogP contribution is 2.32. The zero-order valence-electron chi connectivity index (χ0n) is 15.8. The molecule has 0 bridgehead atoms. The van der Waals surface area contributed by atoms with Crippen molar-refractivity contribution in [2.45, 2.75) is 37.1 Å².